The number of hydrogen-bond donors (Lipinski definition) is 2. The van der Waals surface area contributed by atoms with E-state index >= 15 is 0 Å². The maximum absolute atomic E-state index is 10.7. The molecule has 1 atom stereocenters. The van der Waals surface area contributed by atoms with Crippen LogP contribution in [0.15, 0.2) is 30.5 Å². The Balaban J connectivity index is 2.18. The molecule has 2 aromatic rings. The first kappa shape index (κ1) is 17.7. The number of fused-ring (bicyclic) bond motifs is 1. The fourth-order valence-electron chi connectivity index (χ4n) is 2.87. The van der Waals surface area contributed by atoms with Crippen LogP contribution in [0.2, 0.25) is 0 Å². The van der Waals surface area contributed by atoms with Crippen molar-refractivity contribution in [3.8, 4) is 5.75 Å². The number of aliphatic hydroxyl groups excluding tert-OH is 1. The predicted molar refractivity (Wildman–Crippen MR) is 94.6 cm³/mol. The second-order valence-electron chi connectivity index (χ2n) is 6.10. The molecule has 0 amide bonds. The molecule has 0 fully saturated rings. The molecule has 0 spiro atoms. The summed E-state index contributed by atoms with van der Waals surface area (Å²) in [4.78, 5) is 6.57. The molecule has 4 nitrogen and oxygen atoms in total. The number of aromatic hydroxyl groups is 1. The molecular formula is C19H28N2O2. The lowest BCUT2D eigenvalue weighted by Gasteiger charge is -2.25. The van der Waals surface area contributed by atoms with Gasteiger partial charge in [-0.15, -0.1) is 0 Å². The number of aromatic nitrogens is 1. The van der Waals surface area contributed by atoms with E-state index in [-0.39, 0.29) is 5.75 Å². The molecule has 126 valence electrons. The van der Waals surface area contributed by atoms with Crippen LogP contribution in [-0.4, -0.2) is 39.7 Å². The van der Waals surface area contributed by atoms with Gasteiger partial charge in [-0.1, -0.05) is 38.8 Å². The van der Waals surface area contributed by atoms with Gasteiger partial charge in [-0.25, -0.2) is 0 Å². The van der Waals surface area contributed by atoms with Gasteiger partial charge in [-0.3, -0.25) is 4.98 Å². The number of unbranched alkanes of at least 4 members (excludes halogenated alkanes) is 2. The average molecular weight is 316 g/mol. The quantitative estimate of drug-likeness (QED) is 0.737. The van der Waals surface area contributed by atoms with E-state index in [0.717, 1.165) is 49.7 Å². The van der Waals surface area contributed by atoms with Crippen LogP contribution in [0.5, 0.6) is 5.75 Å². The van der Waals surface area contributed by atoms with E-state index in [1.54, 1.807) is 18.3 Å². The number of phenolic OH excluding ortho intramolecular Hbond substituents is 1. The third kappa shape index (κ3) is 4.66. The number of aliphatic hydroxyl groups is 1. The normalized spacial score (nSPS) is 12.9. The summed E-state index contributed by atoms with van der Waals surface area (Å²) in [5.41, 5.74) is 1.39. The molecule has 4 heteroatoms. The van der Waals surface area contributed by atoms with Crippen molar-refractivity contribution in [2.75, 3.05) is 19.6 Å². The minimum absolute atomic E-state index is 0.158. The van der Waals surface area contributed by atoms with Gasteiger partial charge in [0.25, 0.3) is 0 Å². The van der Waals surface area contributed by atoms with Gasteiger partial charge in [0.1, 0.15) is 11.3 Å². The summed E-state index contributed by atoms with van der Waals surface area (Å²) in [6.07, 6.45) is 5.69. The summed E-state index contributed by atoms with van der Waals surface area (Å²) in [6, 6.07) is 7.18. The number of phenols is 1. The SMILES string of the molecule is CCCCN(CCCC)CC(O)c1ccnc2c(O)cccc12. The maximum Gasteiger partial charge on any atom is 0.141 e. The van der Waals surface area contributed by atoms with Crippen molar-refractivity contribution < 1.29 is 10.2 Å². The fourth-order valence-corrected chi connectivity index (χ4v) is 2.87. The van der Waals surface area contributed by atoms with E-state index in [4.69, 9.17) is 0 Å². The highest BCUT2D eigenvalue weighted by atomic mass is 16.3. The number of para-hydroxylation sites is 1. The maximum atomic E-state index is 10.7. The zero-order chi connectivity index (χ0) is 16.7. The molecule has 1 heterocycles. The summed E-state index contributed by atoms with van der Waals surface area (Å²) in [5, 5.41) is 21.5. The van der Waals surface area contributed by atoms with Gasteiger partial charge in [0.05, 0.1) is 6.10 Å². The smallest absolute Gasteiger partial charge is 0.141 e. The van der Waals surface area contributed by atoms with Gasteiger partial charge in [0.15, 0.2) is 0 Å². The van der Waals surface area contributed by atoms with Crippen molar-refractivity contribution >= 4 is 10.9 Å². The molecule has 0 radical (unpaired) electrons. The number of rotatable bonds is 9. The second-order valence-corrected chi connectivity index (χ2v) is 6.10. The van der Waals surface area contributed by atoms with Gasteiger partial charge in [0.2, 0.25) is 0 Å². The topological polar surface area (TPSA) is 56.6 Å². The predicted octanol–water partition coefficient (Wildman–Crippen LogP) is 3.88. The Labute approximate surface area is 138 Å². The Bertz CT molecular complexity index is 607. The van der Waals surface area contributed by atoms with Crippen molar-refractivity contribution in [1.29, 1.82) is 0 Å². The van der Waals surface area contributed by atoms with Crippen LogP contribution in [-0.2, 0) is 0 Å². The number of pyridine rings is 1. The largest absolute Gasteiger partial charge is 0.506 e. The standard InChI is InChI=1S/C19H28N2O2/c1-3-5-12-21(13-6-4-2)14-18(23)15-10-11-20-19-16(15)8-7-9-17(19)22/h7-11,18,22-23H,3-6,12-14H2,1-2H3. The van der Waals surface area contributed by atoms with Gasteiger partial charge >= 0.3 is 0 Å². The molecule has 0 aliphatic heterocycles. The van der Waals surface area contributed by atoms with Crippen LogP contribution in [0.1, 0.15) is 51.2 Å². The molecule has 1 aromatic carbocycles. The van der Waals surface area contributed by atoms with Crippen LogP contribution < -0.4 is 0 Å². The zero-order valence-corrected chi connectivity index (χ0v) is 14.2. The fraction of sp³-hybridized carbons (Fsp3) is 0.526. The van der Waals surface area contributed by atoms with E-state index < -0.39 is 6.10 Å². The van der Waals surface area contributed by atoms with Crippen molar-refractivity contribution in [3.05, 3.63) is 36.0 Å². The van der Waals surface area contributed by atoms with Crippen LogP contribution in [0.3, 0.4) is 0 Å². The summed E-state index contributed by atoms with van der Waals surface area (Å²) in [7, 11) is 0. The molecule has 0 aliphatic carbocycles. The first-order chi connectivity index (χ1) is 11.2. The van der Waals surface area contributed by atoms with E-state index in [9.17, 15) is 10.2 Å². The Morgan fingerprint density at radius 2 is 1.78 bits per heavy atom. The third-order valence-corrected chi connectivity index (χ3v) is 4.23. The summed E-state index contributed by atoms with van der Waals surface area (Å²) < 4.78 is 0. The molecule has 0 saturated carbocycles. The Morgan fingerprint density at radius 3 is 2.43 bits per heavy atom. The van der Waals surface area contributed by atoms with Gasteiger partial charge in [-0.2, -0.15) is 0 Å². The molecule has 2 N–H and O–H groups in total. The van der Waals surface area contributed by atoms with Gasteiger partial charge < -0.3 is 15.1 Å². The molecule has 0 saturated heterocycles. The van der Waals surface area contributed by atoms with Crippen LogP contribution in [0.4, 0.5) is 0 Å². The van der Waals surface area contributed by atoms with Gasteiger partial charge in [0, 0.05) is 18.1 Å². The lowest BCUT2D eigenvalue weighted by molar-refractivity contribution is 0.112. The highest BCUT2D eigenvalue weighted by Crippen LogP contribution is 2.28. The number of benzene rings is 1. The van der Waals surface area contributed by atoms with Crippen molar-refractivity contribution in [1.82, 2.24) is 9.88 Å². The molecule has 1 unspecified atom stereocenters. The van der Waals surface area contributed by atoms with Crippen LogP contribution in [0, 0.1) is 0 Å². The molecule has 0 bridgehead atoms. The number of hydrogen-bond acceptors (Lipinski definition) is 4. The minimum atomic E-state index is -0.573. The summed E-state index contributed by atoms with van der Waals surface area (Å²) >= 11 is 0. The van der Waals surface area contributed by atoms with E-state index in [2.05, 4.69) is 23.7 Å². The molecular weight excluding hydrogens is 288 g/mol. The van der Waals surface area contributed by atoms with Crippen molar-refractivity contribution in [2.45, 2.75) is 45.6 Å². The molecule has 1 aromatic heterocycles. The highest BCUT2D eigenvalue weighted by Gasteiger charge is 2.16. The summed E-state index contributed by atoms with van der Waals surface area (Å²) in [6.45, 7) is 7.03. The highest BCUT2D eigenvalue weighted by molar-refractivity contribution is 5.87. The Kier molecular flexibility index (Phi) is 6.81. The minimum Gasteiger partial charge on any atom is -0.506 e. The lowest BCUT2D eigenvalue weighted by atomic mass is 10.0. The third-order valence-electron chi connectivity index (χ3n) is 4.23. The number of nitrogens with zero attached hydrogens (tertiary/aromatic N) is 2. The van der Waals surface area contributed by atoms with Crippen LogP contribution in [0.25, 0.3) is 10.9 Å². The van der Waals surface area contributed by atoms with Crippen molar-refractivity contribution in [3.63, 3.8) is 0 Å². The lowest BCUT2D eigenvalue weighted by Crippen LogP contribution is -2.30. The first-order valence-electron chi connectivity index (χ1n) is 8.64. The van der Waals surface area contributed by atoms with Gasteiger partial charge in [-0.05, 0) is 43.6 Å². The van der Waals surface area contributed by atoms with Crippen molar-refractivity contribution in [2.24, 2.45) is 0 Å². The zero-order valence-electron chi connectivity index (χ0n) is 14.2. The van der Waals surface area contributed by atoms with E-state index in [0.29, 0.717) is 12.1 Å². The monoisotopic (exact) mass is 316 g/mol. The molecule has 2 rings (SSSR count). The molecule has 23 heavy (non-hydrogen) atoms. The Hall–Kier alpha value is -1.65. The van der Waals surface area contributed by atoms with E-state index in [1.807, 2.05) is 12.1 Å². The second kappa shape index (κ2) is 8.85. The summed E-state index contributed by atoms with van der Waals surface area (Å²) in [5.74, 6) is 0.158. The average Bonchev–Trinajstić information content (AvgIpc) is 2.57. The van der Waals surface area contributed by atoms with E-state index in [1.165, 1.54) is 0 Å². The van der Waals surface area contributed by atoms with Crippen LogP contribution >= 0.6 is 0 Å². The first-order valence-corrected chi connectivity index (χ1v) is 8.64. The molecule has 0 aliphatic rings. The Morgan fingerprint density at radius 1 is 1.09 bits per heavy atom.